The molecule has 0 radical (unpaired) electrons. The lowest BCUT2D eigenvalue weighted by molar-refractivity contribution is 0.102. The number of carbonyl (C=O) groups excluding carboxylic acids is 1. The molecule has 128 valence electrons. The lowest BCUT2D eigenvalue weighted by atomic mass is 10.2. The van der Waals surface area contributed by atoms with E-state index in [1.807, 2.05) is 36.4 Å². The van der Waals surface area contributed by atoms with Gasteiger partial charge in [-0.2, -0.15) is 0 Å². The molecule has 6 heteroatoms. The number of benzene rings is 1. The van der Waals surface area contributed by atoms with Gasteiger partial charge in [0.15, 0.2) is 0 Å². The van der Waals surface area contributed by atoms with Crippen LogP contribution in [0.2, 0.25) is 0 Å². The van der Waals surface area contributed by atoms with Crippen LogP contribution in [0.15, 0.2) is 54.2 Å². The topological polar surface area (TPSA) is 58.1 Å². The molecule has 1 aromatic carbocycles. The average Bonchev–Trinajstić information content (AvgIpc) is 3.15. The maximum Gasteiger partial charge on any atom is 0.275 e. The molecule has 3 rings (SSSR count). The summed E-state index contributed by atoms with van der Waals surface area (Å²) in [6.07, 6.45) is 3.43. The number of hydrogen-bond acceptors (Lipinski definition) is 5. The number of rotatable bonds is 6. The molecule has 25 heavy (non-hydrogen) atoms. The minimum atomic E-state index is -0.202. The van der Waals surface area contributed by atoms with E-state index in [0.29, 0.717) is 5.69 Å². The van der Waals surface area contributed by atoms with Crippen LogP contribution >= 0.6 is 11.3 Å². The fraction of sp³-hybridized carbons (Fsp3) is 0.211. The fourth-order valence-corrected chi connectivity index (χ4v) is 3.35. The molecule has 0 aliphatic rings. The lowest BCUT2D eigenvalue weighted by Gasteiger charge is -2.21. The summed E-state index contributed by atoms with van der Waals surface area (Å²) in [7, 11) is 0. The largest absolute Gasteiger partial charge is 0.372 e. The zero-order valence-corrected chi connectivity index (χ0v) is 15.1. The Morgan fingerprint density at radius 1 is 1.08 bits per heavy atom. The first kappa shape index (κ1) is 17.1. The monoisotopic (exact) mass is 352 g/mol. The molecule has 2 heterocycles. The van der Waals surface area contributed by atoms with Gasteiger partial charge in [-0.15, -0.1) is 11.3 Å². The average molecular weight is 352 g/mol. The Labute approximate surface area is 151 Å². The van der Waals surface area contributed by atoms with E-state index in [0.717, 1.165) is 35.0 Å². The summed E-state index contributed by atoms with van der Waals surface area (Å²) in [5.41, 5.74) is 3.29. The van der Waals surface area contributed by atoms with Crippen LogP contribution in [-0.2, 0) is 0 Å². The molecular weight excluding hydrogens is 332 g/mol. The summed E-state index contributed by atoms with van der Waals surface area (Å²) in [6.45, 7) is 6.17. The highest BCUT2D eigenvalue weighted by atomic mass is 32.1. The van der Waals surface area contributed by atoms with Gasteiger partial charge in [0.2, 0.25) is 0 Å². The number of pyridine rings is 1. The van der Waals surface area contributed by atoms with Crippen molar-refractivity contribution in [2.45, 2.75) is 13.8 Å². The molecule has 1 amide bonds. The smallest absolute Gasteiger partial charge is 0.275 e. The van der Waals surface area contributed by atoms with Crippen LogP contribution in [0.3, 0.4) is 0 Å². The highest BCUT2D eigenvalue weighted by Crippen LogP contribution is 2.24. The number of carbonyl (C=O) groups is 1. The number of nitrogens with zero attached hydrogens (tertiary/aromatic N) is 3. The van der Waals surface area contributed by atoms with Crippen molar-refractivity contribution in [3.05, 3.63) is 59.9 Å². The Hall–Kier alpha value is -2.73. The second-order valence-corrected chi connectivity index (χ2v) is 6.31. The lowest BCUT2D eigenvalue weighted by Crippen LogP contribution is -2.21. The van der Waals surface area contributed by atoms with E-state index in [1.54, 1.807) is 17.8 Å². The van der Waals surface area contributed by atoms with Crippen molar-refractivity contribution in [1.82, 2.24) is 9.97 Å². The van der Waals surface area contributed by atoms with Crippen molar-refractivity contribution >= 4 is 28.6 Å². The second-order valence-electron chi connectivity index (χ2n) is 5.45. The summed E-state index contributed by atoms with van der Waals surface area (Å²) >= 11 is 1.45. The molecule has 0 saturated heterocycles. The normalized spacial score (nSPS) is 10.5. The van der Waals surface area contributed by atoms with Gasteiger partial charge in [0.25, 0.3) is 5.91 Å². The minimum absolute atomic E-state index is 0.202. The van der Waals surface area contributed by atoms with E-state index in [2.05, 4.69) is 34.0 Å². The van der Waals surface area contributed by atoms with E-state index >= 15 is 0 Å². The van der Waals surface area contributed by atoms with Gasteiger partial charge in [-0.3, -0.25) is 9.78 Å². The van der Waals surface area contributed by atoms with Gasteiger partial charge in [-0.25, -0.2) is 4.98 Å². The summed E-state index contributed by atoms with van der Waals surface area (Å²) in [4.78, 5) is 23.1. The summed E-state index contributed by atoms with van der Waals surface area (Å²) in [5.74, 6) is -0.202. The summed E-state index contributed by atoms with van der Waals surface area (Å²) in [6, 6.07) is 11.6. The molecule has 0 atom stereocenters. The van der Waals surface area contributed by atoms with Crippen molar-refractivity contribution < 1.29 is 4.79 Å². The standard InChI is InChI=1S/C19H20N4OS/c1-3-23(4-2)16-7-5-15(6-8-16)21-18(24)17-13-25-19(22-17)14-9-11-20-12-10-14/h5-13H,3-4H2,1-2H3,(H,21,24). The second kappa shape index (κ2) is 7.90. The van der Waals surface area contributed by atoms with Crippen molar-refractivity contribution in [1.29, 1.82) is 0 Å². The first-order valence-corrected chi connectivity index (χ1v) is 9.11. The Balaban J connectivity index is 1.69. The molecule has 0 bridgehead atoms. The number of anilines is 2. The Morgan fingerprint density at radius 3 is 2.40 bits per heavy atom. The predicted molar refractivity (Wildman–Crippen MR) is 103 cm³/mol. The molecule has 3 aromatic rings. The van der Waals surface area contributed by atoms with Crippen LogP contribution in [0, 0.1) is 0 Å². The molecule has 0 spiro atoms. The van der Waals surface area contributed by atoms with Crippen LogP contribution < -0.4 is 10.2 Å². The van der Waals surface area contributed by atoms with Crippen molar-refractivity contribution in [2.24, 2.45) is 0 Å². The first-order valence-electron chi connectivity index (χ1n) is 8.23. The van der Waals surface area contributed by atoms with E-state index < -0.39 is 0 Å². The van der Waals surface area contributed by atoms with Gasteiger partial charge < -0.3 is 10.2 Å². The first-order chi connectivity index (χ1) is 12.2. The number of aromatic nitrogens is 2. The molecule has 5 nitrogen and oxygen atoms in total. The third kappa shape index (κ3) is 4.03. The Bertz CT molecular complexity index is 826. The molecule has 0 unspecified atom stereocenters. The maximum absolute atomic E-state index is 12.4. The van der Waals surface area contributed by atoms with Crippen molar-refractivity contribution in [3.63, 3.8) is 0 Å². The fourth-order valence-electron chi connectivity index (χ4n) is 2.54. The van der Waals surface area contributed by atoms with E-state index in [9.17, 15) is 4.79 Å². The van der Waals surface area contributed by atoms with Crippen molar-refractivity contribution in [2.75, 3.05) is 23.3 Å². The van der Waals surface area contributed by atoms with E-state index in [4.69, 9.17) is 0 Å². The highest BCUT2D eigenvalue weighted by molar-refractivity contribution is 7.13. The predicted octanol–water partition coefficient (Wildman–Crippen LogP) is 4.30. The van der Waals surface area contributed by atoms with Crippen LogP contribution in [0.5, 0.6) is 0 Å². The van der Waals surface area contributed by atoms with Crippen LogP contribution in [0.4, 0.5) is 11.4 Å². The Kier molecular flexibility index (Phi) is 5.40. The van der Waals surface area contributed by atoms with Crippen LogP contribution in [0.25, 0.3) is 10.6 Å². The van der Waals surface area contributed by atoms with E-state index in [-0.39, 0.29) is 5.91 Å². The van der Waals surface area contributed by atoms with Gasteiger partial charge in [0.1, 0.15) is 10.7 Å². The van der Waals surface area contributed by atoms with Gasteiger partial charge >= 0.3 is 0 Å². The molecule has 1 N–H and O–H groups in total. The summed E-state index contributed by atoms with van der Waals surface area (Å²) < 4.78 is 0. The summed E-state index contributed by atoms with van der Waals surface area (Å²) in [5, 5.41) is 5.48. The Morgan fingerprint density at radius 2 is 1.76 bits per heavy atom. The maximum atomic E-state index is 12.4. The molecule has 0 saturated carbocycles. The molecule has 0 aliphatic heterocycles. The van der Waals surface area contributed by atoms with Gasteiger partial charge in [0.05, 0.1) is 0 Å². The zero-order valence-electron chi connectivity index (χ0n) is 14.3. The van der Waals surface area contributed by atoms with Gasteiger partial charge in [0, 0.05) is 47.8 Å². The third-order valence-corrected chi connectivity index (χ3v) is 4.81. The van der Waals surface area contributed by atoms with Gasteiger partial charge in [-0.05, 0) is 50.2 Å². The molecular formula is C19H20N4OS. The molecule has 0 aliphatic carbocycles. The SMILES string of the molecule is CCN(CC)c1ccc(NC(=O)c2csc(-c3ccncc3)n2)cc1. The zero-order chi connectivity index (χ0) is 17.6. The number of amides is 1. The number of thiazole rings is 1. The number of nitrogens with one attached hydrogen (secondary N) is 1. The third-order valence-electron chi connectivity index (χ3n) is 3.92. The van der Waals surface area contributed by atoms with Gasteiger partial charge in [-0.1, -0.05) is 0 Å². The molecule has 0 fully saturated rings. The quantitative estimate of drug-likeness (QED) is 0.718. The highest BCUT2D eigenvalue weighted by Gasteiger charge is 2.12. The van der Waals surface area contributed by atoms with Crippen molar-refractivity contribution in [3.8, 4) is 10.6 Å². The van der Waals surface area contributed by atoms with Crippen LogP contribution in [0.1, 0.15) is 24.3 Å². The minimum Gasteiger partial charge on any atom is -0.372 e. The number of hydrogen-bond donors (Lipinski definition) is 1. The van der Waals surface area contributed by atoms with E-state index in [1.165, 1.54) is 11.3 Å². The molecule has 2 aromatic heterocycles. The van der Waals surface area contributed by atoms with Crippen LogP contribution in [-0.4, -0.2) is 29.0 Å².